The summed E-state index contributed by atoms with van der Waals surface area (Å²) < 4.78 is 7.18. The second-order valence-electron chi connectivity index (χ2n) is 4.86. The van der Waals surface area contributed by atoms with Crippen LogP contribution in [0.2, 0.25) is 0 Å². The Morgan fingerprint density at radius 2 is 2.21 bits per heavy atom. The van der Waals surface area contributed by atoms with Crippen molar-refractivity contribution < 1.29 is 4.74 Å². The average molecular weight is 261 g/mol. The monoisotopic (exact) mass is 261 g/mol. The molecule has 0 unspecified atom stereocenters. The number of aryl methyl sites for hydroxylation is 1. The van der Waals surface area contributed by atoms with E-state index in [4.69, 9.17) is 10.6 Å². The molecule has 0 spiro atoms. The van der Waals surface area contributed by atoms with Crippen LogP contribution in [-0.2, 0) is 11.2 Å². The van der Waals surface area contributed by atoms with E-state index in [-0.39, 0.29) is 0 Å². The number of nitrogens with zero attached hydrogens (tertiary/aromatic N) is 3. The summed E-state index contributed by atoms with van der Waals surface area (Å²) in [7, 11) is 0. The largest absolute Gasteiger partial charge is 0.381 e. The molecule has 3 rings (SSSR count). The van der Waals surface area contributed by atoms with Gasteiger partial charge >= 0.3 is 0 Å². The zero-order chi connectivity index (χ0) is 13.2. The fraction of sp³-hybridized carbons (Fsp3) is 0.538. The topological polar surface area (TPSA) is 77.5 Å². The lowest BCUT2D eigenvalue weighted by Crippen LogP contribution is -2.15. The summed E-state index contributed by atoms with van der Waals surface area (Å²) in [5, 5.41) is 4.64. The van der Waals surface area contributed by atoms with Gasteiger partial charge in [-0.05, 0) is 19.3 Å². The highest BCUT2D eigenvalue weighted by molar-refractivity contribution is 5.50. The van der Waals surface area contributed by atoms with Crippen LogP contribution in [0.15, 0.2) is 12.1 Å². The Labute approximate surface area is 111 Å². The van der Waals surface area contributed by atoms with E-state index < -0.39 is 0 Å². The molecule has 0 saturated carbocycles. The molecule has 102 valence electrons. The maximum Gasteiger partial charge on any atom is 0.157 e. The lowest BCUT2D eigenvalue weighted by Gasteiger charge is -2.19. The third-order valence-electron chi connectivity index (χ3n) is 3.65. The first-order chi connectivity index (χ1) is 9.31. The predicted molar refractivity (Wildman–Crippen MR) is 73.0 cm³/mol. The zero-order valence-electron chi connectivity index (χ0n) is 11.1. The molecule has 1 aliphatic rings. The Kier molecular flexibility index (Phi) is 3.35. The quantitative estimate of drug-likeness (QED) is 0.646. The van der Waals surface area contributed by atoms with Crippen molar-refractivity contribution in [2.45, 2.75) is 32.1 Å². The Hall–Kier alpha value is -1.66. The minimum atomic E-state index is 0.464. The van der Waals surface area contributed by atoms with Gasteiger partial charge in [0.05, 0.1) is 5.69 Å². The first kappa shape index (κ1) is 12.4. The maximum absolute atomic E-state index is 5.57. The molecule has 1 aliphatic heterocycles. The number of hydrogen-bond donors (Lipinski definition) is 2. The van der Waals surface area contributed by atoms with Gasteiger partial charge in [-0.1, -0.05) is 6.92 Å². The first-order valence-corrected chi connectivity index (χ1v) is 6.75. The van der Waals surface area contributed by atoms with Gasteiger partial charge < -0.3 is 10.2 Å². The number of nitrogen functional groups attached to an aromatic ring is 1. The van der Waals surface area contributed by atoms with E-state index in [1.807, 2.05) is 6.07 Å². The lowest BCUT2D eigenvalue weighted by atomic mass is 9.97. The molecule has 0 radical (unpaired) electrons. The molecule has 3 N–H and O–H groups in total. The molecule has 0 aliphatic carbocycles. The van der Waals surface area contributed by atoms with E-state index in [1.54, 1.807) is 4.52 Å². The highest BCUT2D eigenvalue weighted by Crippen LogP contribution is 2.27. The highest BCUT2D eigenvalue weighted by Gasteiger charge is 2.20. The molecule has 0 amide bonds. The van der Waals surface area contributed by atoms with Gasteiger partial charge in [-0.3, -0.25) is 0 Å². The molecule has 3 heterocycles. The maximum atomic E-state index is 5.57. The van der Waals surface area contributed by atoms with Crippen LogP contribution in [0.5, 0.6) is 0 Å². The molecular weight excluding hydrogens is 242 g/mol. The van der Waals surface area contributed by atoms with Gasteiger partial charge in [0.2, 0.25) is 0 Å². The van der Waals surface area contributed by atoms with Crippen LogP contribution >= 0.6 is 0 Å². The minimum Gasteiger partial charge on any atom is -0.381 e. The summed E-state index contributed by atoms with van der Waals surface area (Å²) in [6.07, 6.45) is 2.93. The Morgan fingerprint density at radius 1 is 1.42 bits per heavy atom. The number of hydrazine groups is 1. The molecule has 6 heteroatoms. The number of anilines is 1. The lowest BCUT2D eigenvalue weighted by molar-refractivity contribution is 0.0844. The normalized spacial score (nSPS) is 16.9. The standard InChI is InChI=1S/C13H19N5O/c1-2-10-7-13(16-14)18-12(15-10)8-11(17-18)9-3-5-19-6-4-9/h7-9,16H,2-6,14H2,1H3. The van der Waals surface area contributed by atoms with Gasteiger partial charge in [-0.25, -0.2) is 10.8 Å². The number of fused-ring (bicyclic) bond motifs is 1. The van der Waals surface area contributed by atoms with Crippen molar-refractivity contribution in [3.05, 3.63) is 23.5 Å². The molecule has 19 heavy (non-hydrogen) atoms. The smallest absolute Gasteiger partial charge is 0.157 e. The van der Waals surface area contributed by atoms with E-state index in [9.17, 15) is 0 Å². The predicted octanol–water partition coefficient (Wildman–Crippen LogP) is 1.47. The fourth-order valence-electron chi connectivity index (χ4n) is 2.52. The van der Waals surface area contributed by atoms with Crippen LogP contribution in [0.1, 0.15) is 37.1 Å². The number of ether oxygens (including phenoxy) is 1. The third kappa shape index (κ3) is 2.29. The number of rotatable bonds is 3. The zero-order valence-corrected chi connectivity index (χ0v) is 11.1. The van der Waals surface area contributed by atoms with E-state index in [0.29, 0.717) is 5.92 Å². The average Bonchev–Trinajstić information content (AvgIpc) is 2.91. The van der Waals surface area contributed by atoms with E-state index in [0.717, 1.165) is 55.3 Å². The fourth-order valence-corrected chi connectivity index (χ4v) is 2.52. The summed E-state index contributed by atoms with van der Waals surface area (Å²) in [5.41, 5.74) is 5.65. The van der Waals surface area contributed by atoms with Crippen molar-refractivity contribution in [3.63, 3.8) is 0 Å². The van der Waals surface area contributed by atoms with Crippen LogP contribution < -0.4 is 11.3 Å². The highest BCUT2D eigenvalue weighted by atomic mass is 16.5. The van der Waals surface area contributed by atoms with Crippen LogP contribution in [-0.4, -0.2) is 27.8 Å². The van der Waals surface area contributed by atoms with E-state index in [2.05, 4.69) is 28.5 Å². The van der Waals surface area contributed by atoms with Crippen molar-refractivity contribution in [2.75, 3.05) is 18.6 Å². The molecule has 0 aromatic carbocycles. The van der Waals surface area contributed by atoms with E-state index >= 15 is 0 Å². The molecule has 0 bridgehead atoms. The van der Waals surface area contributed by atoms with Crippen molar-refractivity contribution in [2.24, 2.45) is 5.84 Å². The van der Waals surface area contributed by atoms with Gasteiger partial charge in [0.1, 0.15) is 5.82 Å². The van der Waals surface area contributed by atoms with Gasteiger partial charge in [0.25, 0.3) is 0 Å². The Morgan fingerprint density at radius 3 is 2.89 bits per heavy atom. The number of nitrogens with two attached hydrogens (primary N) is 1. The summed E-state index contributed by atoms with van der Waals surface area (Å²) in [5.74, 6) is 6.81. The molecule has 1 saturated heterocycles. The van der Waals surface area contributed by atoms with Crippen molar-refractivity contribution in [1.29, 1.82) is 0 Å². The van der Waals surface area contributed by atoms with Gasteiger partial charge in [-0.15, -0.1) is 0 Å². The summed E-state index contributed by atoms with van der Waals surface area (Å²) >= 11 is 0. The molecular formula is C13H19N5O. The van der Waals surface area contributed by atoms with Crippen LogP contribution in [0.25, 0.3) is 5.65 Å². The second-order valence-corrected chi connectivity index (χ2v) is 4.86. The third-order valence-corrected chi connectivity index (χ3v) is 3.65. The summed E-state index contributed by atoms with van der Waals surface area (Å²) in [6, 6.07) is 4.00. The molecule has 2 aromatic rings. The summed E-state index contributed by atoms with van der Waals surface area (Å²) in [4.78, 5) is 4.59. The van der Waals surface area contributed by atoms with E-state index in [1.165, 1.54) is 0 Å². The van der Waals surface area contributed by atoms with Crippen LogP contribution in [0.3, 0.4) is 0 Å². The molecule has 0 atom stereocenters. The Bertz CT molecular complexity index is 574. The molecule has 1 fully saturated rings. The van der Waals surface area contributed by atoms with Crippen molar-refractivity contribution in [1.82, 2.24) is 14.6 Å². The Balaban J connectivity index is 2.03. The van der Waals surface area contributed by atoms with Crippen molar-refractivity contribution in [3.8, 4) is 0 Å². The SMILES string of the molecule is CCc1cc(NN)n2nc(C3CCOCC3)cc2n1. The number of aromatic nitrogens is 3. The minimum absolute atomic E-state index is 0.464. The summed E-state index contributed by atoms with van der Waals surface area (Å²) in [6.45, 7) is 3.71. The second kappa shape index (κ2) is 5.14. The number of hydrogen-bond acceptors (Lipinski definition) is 5. The number of nitrogens with one attached hydrogen (secondary N) is 1. The van der Waals surface area contributed by atoms with Gasteiger partial charge in [-0.2, -0.15) is 9.61 Å². The first-order valence-electron chi connectivity index (χ1n) is 6.75. The van der Waals surface area contributed by atoms with Crippen molar-refractivity contribution >= 4 is 11.5 Å². The van der Waals surface area contributed by atoms with Crippen LogP contribution in [0.4, 0.5) is 5.82 Å². The molecule has 2 aromatic heterocycles. The van der Waals surface area contributed by atoms with Gasteiger partial charge in [0.15, 0.2) is 5.65 Å². The molecule has 6 nitrogen and oxygen atoms in total. The van der Waals surface area contributed by atoms with Crippen LogP contribution in [0, 0.1) is 0 Å². The van der Waals surface area contributed by atoms with Gasteiger partial charge in [0, 0.05) is 37.0 Å².